The van der Waals surface area contributed by atoms with E-state index in [0.29, 0.717) is 37.9 Å². The number of rotatable bonds is 7. The molecule has 2 aromatic rings. The number of alkyl halides is 3. The molecule has 2 aliphatic rings. The molecule has 10 heteroatoms. The number of nitrogens with zero attached hydrogens (tertiary/aromatic N) is 3. The van der Waals surface area contributed by atoms with E-state index in [1.54, 1.807) is 0 Å². The number of piperidine rings is 1. The molecule has 1 aromatic carbocycles. The first kappa shape index (κ1) is 24.8. The van der Waals surface area contributed by atoms with E-state index in [4.69, 9.17) is 4.74 Å². The van der Waals surface area contributed by atoms with Gasteiger partial charge >= 0.3 is 6.18 Å². The number of hydrogen-bond donors (Lipinski definition) is 0. The number of sulfonamides is 1. The zero-order valence-corrected chi connectivity index (χ0v) is 20.0. The second kappa shape index (κ2) is 10.1. The number of anilines is 1. The van der Waals surface area contributed by atoms with Crippen molar-refractivity contribution in [3.63, 3.8) is 0 Å². The SMILES string of the molecule is CS(=O)(=O)N1CCc2cc(OCCCC3CCN(c4ccc(C(F)(F)F)cn4)CC3)ccc2C1. The Labute approximate surface area is 198 Å². The number of pyridine rings is 1. The quantitative estimate of drug-likeness (QED) is 0.528. The molecule has 0 amide bonds. The lowest BCUT2D eigenvalue weighted by molar-refractivity contribution is -0.137. The third-order valence-electron chi connectivity index (χ3n) is 6.66. The van der Waals surface area contributed by atoms with E-state index in [1.165, 1.54) is 16.6 Å². The predicted octanol–water partition coefficient (Wildman–Crippen LogP) is 4.49. The number of benzene rings is 1. The van der Waals surface area contributed by atoms with Gasteiger partial charge in [-0.3, -0.25) is 0 Å². The van der Waals surface area contributed by atoms with Gasteiger partial charge in [0.2, 0.25) is 10.0 Å². The number of fused-ring (bicyclic) bond motifs is 1. The summed E-state index contributed by atoms with van der Waals surface area (Å²) in [6.07, 6.45) is 2.42. The summed E-state index contributed by atoms with van der Waals surface area (Å²) in [5, 5.41) is 0. The molecule has 1 aromatic heterocycles. The zero-order chi connectivity index (χ0) is 24.3. The van der Waals surface area contributed by atoms with Crippen LogP contribution in [0.25, 0.3) is 0 Å². The maximum absolute atomic E-state index is 12.7. The molecule has 0 spiro atoms. The Bertz CT molecular complexity index is 1080. The molecule has 0 aliphatic carbocycles. The fourth-order valence-corrected chi connectivity index (χ4v) is 5.43. The van der Waals surface area contributed by atoms with Gasteiger partial charge in [0.25, 0.3) is 0 Å². The Morgan fingerprint density at radius 1 is 1.09 bits per heavy atom. The standard InChI is InChI=1S/C24H30F3N3O3S/c1-34(31,32)30-13-10-19-15-22(6-4-20(19)17-30)33-14-2-3-18-8-11-29(12-9-18)23-7-5-21(16-28-23)24(25,26)27/h4-7,15-16,18H,2-3,8-14,17H2,1H3. The summed E-state index contributed by atoms with van der Waals surface area (Å²) in [5.74, 6) is 1.98. The van der Waals surface area contributed by atoms with Crippen molar-refractivity contribution in [1.29, 1.82) is 0 Å². The van der Waals surface area contributed by atoms with Crippen molar-refractivity contribution in [1.82, 2.24) is 9.29 Å². The van der Waals surface area contributed by atoms with Gasteiger partial charge in [-0.15, -0.1) is 0 Å². The third-order valence-corrected chi connectivity index (χ3v) is 7.91. The van der Waals surface area contributed by atoms with Crippen LogP contribution in [-0.4, -0.2) is 50.2 Å². The van der Waals surface area contributed by atoms with Crippen molar-refractivity contribution in [2.24, 2.45) is 5.92 Å². The highest BCUT2D eigenvalue weighted by Crippen LogP contribution is 2.31. The lowest BCUT2D eigenvalue weighted by Crippen LogP contribution is -2.35. The molecule has 34 heavy (non-hydrogen) atoms. The van der Waals surface area contributed by atoms with Crippen molar-refractivity contribution in [2.75, 3.05) is 37.4 Å². The van der Waals surface area contributed by atoms with Crippen LogP contribution in [0.2, 0.25) is 0 Å². The van der Waals surface area contributed by atoms with E-state index in [2.05, 4.69) is 4.98 Å². The first-order valence-corrected chi connectivity index (χ1v) is 13.4. The number of halogens is 3. The summed E-state index contributed by atoms with van der Waals surface area (Å²) in [6, 6.07) is 8.42. The molecule has 0 bridgehead atoms. The predicted molar refractivity (Wildman–Crippen MR) is 124 cm³/mol. The molecule has 0 radical (unpaired) electrons. The number of ether oxygens (including phenoxy) is 1. The van der Waals surface area contributed by atoms with Crippen molar-refractivity contribution in [2.45, 2.75) is 44.8 Å². The van der Waals surface area contributed by atoms with Crippen molar-refractivity contribution in [3.05, 3.63) is 53.2 Å². The van der Waals surface area contributed by atoms with Crippen molar-refractivity contribution < 1.29 is 26.3 Å². The van der Waals surface area contributed by atoms with Crippen LogP contribution >= 0.6 is 0 Å². The molecule has 1 saturated heterocycles. The van der Waals surface area contributed by atoms with Gasteiger partial charge in [0, 0.05) is 32.4 Å². The van der Waals surface area contributed by atoms with Crippen molar-refractivity contribution in [3.8, 4) is 5.75 Å². The first-order valence-electron chi connectivity index (χ1n) is 11.6. The Balaban J connectivity index is 1.18. The van der Waals surface area contributed by atoms with Crippen LogP contribution in [0.3, 0.4) is 0 Å². The molecule has 0 atom stereocenters. The highest BCUT2D eigenvalue weighted by molar-refractivity contribution is 7.88. The lowest BCUT2D eigenvalue weighted by Gasteiger charge is -2.33. The molecule has 0 unspecified atom stereocenters. The van der Waals surface area contributed by atoms with E-state index in [9.17, 15) is 21.6 Å². The average molecular weight is 498 g/mol. The molecule has 6 nitrogen and oxygen atoms in total. The van der Waals surface area contributed by atoms with E-state index < -0.39 is 21.8 Å². The van der Waals surface area contributed by atoms with E-state index >= 15 is 0 Å². The van der Waals surface area contributed by atoms with E-state index in [1.807, 2.05) is 23.1 Å². The van der Waals surface area contributed by atoms with Gasteiger partial charge in [-0.25, -0.2) is 13.4 Å². The van der Waals surface area contributed by atoms with Crippen LogP contribution in [0.5, 0.6) is 5.75 Å². The largest absolute Gasteiger partial charge is 0.494 e. The second-order valence-corrected chi connectivity index (χ2v) is 11.1. The van der Waals surface area contributed by atoms with Crippen LogP contribution in [0.1, 0.15) is 42.4 Å². The van der Waals surface area contributed by atoms with Gasteiger partial charge in [0.15, 0.2) is 0 Å². The fraction of sp³-hybridized carbons (Fsp3) is 0.542. The van der Waals surface area contributed by atoms with Crippen LogP contribution in [0.15, 0.2) is 36.5 Å². The summed E-state index contributed by atoms with van der Waals surface area (Å²) < 4.78 is 69.1. The molecular weight excluding hydrogens is 467 g/mol. The van der Waals surface area contributed by atoms with Gasteiger partial charge in [0.1, 0.15) is 11.6 Å². The normalized spacial score (nSPS) is 18.1. The molecular formula is C24H30F3N3O3S. The highest BCUT2D eigenvalue weighted by atomic mass is 32.2. The minimum atomic E-state index is -4.36. The number of hydrogen-bond acceptors (Lipinski definition) is 5. The topological polar surface area (TPSA) is 62.7 Å². The zero-order valence-electron chi connectivity index (χ0n) is 19.2. The van der Waals surface area contributed by atoms with Gasteiger partial charge in [-0.1, -0.05) is 6.07 Å². The van der Waals surface area contributed by atoms with Gasteiger partial charge < -0.3 is 9.64 Å². The molecule has 2 aliphatic heterocycles. The minimum Gasteiger partial charge on any atom is -0.494 e. The van der Waals surface area contributed by atoms with E-state index in [-0.39, 0.29) is 0 Å². The highest BCUT2D eigenvalue weighted by Gasteiger charge is 2.31. The number of aromatic nitrogens is 1. The van der Waals surface area contributed by atoms with Crippen LogP contribution < -0.4 is 9.64 Å². The summed E-state index contributed by atoms with van der Waals surface area (Å²) >= 11 is 0. The maximum atomic E-state index is 12.7. The molecule has 1 fully saturated rings. The lowest BCUT2D eigenvalue weighted by atomic mass is 9.92. The molecule has 186 valence electrons. The molecule has 0 saturated carbocycles. The van der Waals surface area contributed by atoms with E-state index in [0.717, 1.165) is 67.9 Å². The molecule has 3 heterocycles. The molecule has 4 rings (SSSR count). The third kappa shape index (κ3) is 6.21. The second-order valence-electron chi connectivity index (χ2n) is 9.10. The Morgan fingerprint density at radius 2 is 1.85 bits per heavy atom. The monoisotopic (exact) mass is 497 g/mol. The summed E-state index contributed by atoms with van der Waals surface area (Å²) in [5.41, 5.74) is 1.45. The maximum Gasteiger partial charge on any atom is 0.417 e. The average Bonchev–Trinajstić information content (AvgIpc) is 2.81. The Kier molecular flexibility index (Phi) is 7.37. The van der Waals surface area contributed by atoms with Crippen LogP contribution in [-0.2, 0) is 29.2 Å². The first-order chi connectivity index (χ1) is 16.1. The fourth-order valence-electron chi connectivity index (χ4n) is 4.63. The minimum absolute atomic E-state index is 0.412. The summed E-state index contributed by atoms with van der Waals surface area (Å²) in [7, 11) is -3.18. The Morgan fingerprint density at radius 3 is 2.50 bits per heavy atom. The van der Waals surface area contributed by atoms with Gasteiger partial charge in [0.05, 0.1) is 18.4 Å². The van der Waals surface area contributed by atoms with Crippen molar-refractivity contribution >= 4 is 15.8 Å². The smallest absolute Gasteiger partial charge is 0.417 e. The van der Waals surface area contributed by atoms with Gasteiger partial charge in [-0.05, 0) is 73.4 Å². The molecule has 0 N–H and O–H groups in total. The summed E-state index contributed by atoms with van der Waals surface area (Å²) in [6.45, 7) is 3.11. The summed E-state index contributed by atoms with van der Waals surface area (Å²) in [4.78, 5) is 6.05. The Hall–Kier alpha value is -2.33. The van der Waals surface area contributed by atoms with Crippen LogP contribution in [0, 0.1) is 5.92 Å². The van der Waals surface area contributed by atoms with Gasteiger partial charge in [-0.2, -0.15) is 17.5 Å². The van der Waals surface area contributed by atoms with Crippen LogP contribution in [0.4, 0.5) is 19.0 Å².